The number of para-hydroxylation sites is 1. The number of aliphatic hydroxyl groups excluding tert-OH is 2. The molecule has 5 rings (SSSR count). The van der Waals surface area contributed by atoms with Gasteiger partial charge in [-0.15, -0.1) is 0 Å². The summed E-state index contributed by atoms with van der Waals surface area (Å²) in [7, 11) is 2.07. The van der Waals surface area contributed by atoms with Crippen molar-refractivity contribution in [2.24, 2.45) is 0 Å². The molecule has 0 spiro atoms. The lowest BCUT2D eigenvalue weighted by atomic mass is 10.1. The van der Waals surface area contributed by atoms with Gasteiger partial charge in [-0.2, -0.15) is 0 Å². The fraction of sp³-hybridized carbons (Fsp3) is 0.333. The highest BCUT2D eigenvalue weighted by atomic mass is 16.5. The molecule has 0 radical (unpaired) electrons. The molecular weight excluding hydrogens is 532 g/mol. The number of carbonyl (C=O) groups is 1. The average molecular weight is 571 g/mol. The molecule has 1 aliphatic rings. The Hall–Kier alpha value is -4.02. The highest BCUT2D eigenvalue weighted by Gasteiger charge is 2.21. The number of aromatic nitrogens is 1. The van der Waals surface area contributed by atoms with Crippen LogP contribution in [0.25, 0.3) is 10.9 Å². The number of nitrogens with one attached hydrogen (secondary N) is 1. The van der Waals surface area contributed by atoms with Gasteiger partial charge in [0.15, 0.2) is 0 Å². The maximum atomic E-state index is 13.0. The number of ether oxygens (including phenoxy) is 2. The monoisotopic (exact) mass is 570 g/mol. The Morgan fingerprint density at radius 2 is 1.74 bits per heavy atom. The summed E-state index contributed by atoms with van der Waals surface area (Å²) in [4.78, 5) is 21.6. The molecule has 0 saturated carbocycles. The second-order valence-electron chi connectivity index (χ2n) is 10.7. The first-order valence-electron chi connectivity index (χ1n) is 14.3. The highest BCUT2D eigenvalue weighted by Crippen LogP contribution is 2.30. The van der Waals surface area contributed by atoms with Crippen LogP contribution >= 0.6 is 0 Å². The number of hydrogen-bond acceptors (Lipinski definition) is 8. The fourth-order valence-corrected chi connectivity index (χ4v) is 4.91. The highest BCUT2D eigenvalue weighted by molar-refractivity contribution is 5.99. The largest absolute Gasteiger partial charge is 0.491 e. The summed E-state index contributed by atoms with van der Waals surface area (Å²) in [5, 5.41) is 24.2. The van der Waals surface area contributed by atoms with Gasteiger partial charge in [-0.25, -0.2) is 0 Å². The minimum absolute atomic E-state index is 0.0272. The van der Waals surface area contributed by atoms with E-state index in [-0.39, 0.29) is 25.2 Å². The molecule has 9 nitrogen and oxygen atoms in total. The van der Waals surface area contributed by atoms with Crippen LogP contribution in [-0.4, -0.2) is 96.0 Å². The summed E-state index contributed by atoms with van der Waals surface area (Å²) in [6.07, 6.45) is 1.57. The zero-order chi connectivity index (χ0) is 29.3. The van der Waals surface area contributed by atoms with E-state index in [1.54, 1.807) is 6.20 Å². The minimum Gasteiger partial charge on any atom is -0.491 e. The Kier molecular flexibility index (Phi) is 9.99. The predicted octanol–water partition coefficient (Wildman–Crippen LogP) is 3.35. The van der Waals surface area contributed by atoms with Crippen molar-refractivity contribution in [1.82, 2.24) is 20.1 Å². The third kappa shape index (κ3) is 7.83. The first-order chi connectivity index (χ1) is 20.5. The van der Waals surface area contributed by atoms with Crippen molar-refractivity contribution in [3.05, 3.63) is 96.2 Å². The van der Waals surface area contributed by atoms with E-state index in [1.165, 1.54) is 0 Å². The summed E-state index contributed by atoms with van der Waals surface area (Å²) >= 11 is 0. The molecule has 1 saturated heterocycles. The molecule has 2 atom stereocenters. The number of likely N-dealkylation sites (N-methyl/N-ethyl adjacent to an activating group) is 1. The second kappa shape index (κ2) is 14.2. The van der Waals surface area contributed by atoms with E-state index >= 15 is 0 Å². The molecule has 1 fully saturated rings. The number of hydrogen-bond donors (Lipinski definition) is 3. The Bertz CT molecular complexity index is 1440. The van der Waals surface area contributed by atoms with E-state index in [1.807, 2.05) is 83.8 Å². The molecule has 1 aromatic heterocycles. The van der Waals surface area contributed by atoms with Crippen LogP contribution in [0, 0.1) is 0 Å². The van der Waals surface area contributed by atoms with Gasteiger partial charge in [0.2, 0.25) is 0 Å². The van der Waals surface area contributed by atoms with Crippen LogP contribution < -0.4 is 14.8 Å². The van der Waals surface area contributed by atoms with Gasteiger partial charge in [-0.1, -0.05) is 30.3 Å². The standard InChI is InChI=1S/C33H38N4O5/c1-36-15-17-37(18-16-36)33(40)25-9-12-30-31(20-25)34-14-13-32(30)42-29-10-7-24(8-11-29)19-26(22-38)35-21-27(39)23-41-28-5-3-2-4-6-28/h2-14,20,26-27,35,38-39H,15-19,21-23H2,1H3/t26-,27-/m0/s1. The van der Waals surface area contributed by atoms with Gasteiger partial charge in [-0.3, -0.25) is 9.78 Å². The number of amides is 1. The molecule has 2 heterocycles. The van der Waals surface area contributed by atoms with Crippen LogP contribution in [-0.2, 0) is 6.42 Å². The van der Waals surface area contributed by atoms with Crippen molar-refractivity contribution >= 4 is 16.8 Å². The van der Waals surface area contributed by atoms with Crippen molar-refractivity contribution in [2.75, 3.05) is 53.0 Å². The summed E-state index contributed by atoms with van der Waals surface area (Å²) < 4.78 is 11.8. The molecule has 220 valence electrons. The van der Waals surface area contributed by atoms with Crippen LogP contribution in [0.2, 0.25) is 0 Å². The van der Waals surface area contributed by atoms with Gasteiger partial charge in [0.25, 0.3) is 5.91 Å². The Balaban J connectivity index is 1.15. The molecule has 3 N–H and O–H groups in total. The minimum atomic E-state index is -0.703. The smallest absolute Gasteiger partial charge is 0.254 e. The van der Waals surface area contributed by atoms with Crippen molar-refractivity contribution < 1.29 is 24.5 Å². The molecular formula is C33H38N4O5. The number of rotatable bonds is 12. The van der Waals surface area contributed by atoms with E-state index < -0.39 is 6.10 Å². The zero-order valence-electron chi connectivity index (χ0n) is 23.9. The van der Waals surface area contributed by atoms with Crippen LogP contribution in [0.4, 0.5) is 0 Å². The average Bonchev–Trinajstić information content (AvgIpc) is 3.03. The Labute approximate surface area is 246 Å². The molecule has 1 aliphatic heterocycles. The van der Waals surface area contributed by atoms with Gasteiger partial charge in [0, 0.05) is 55.9 Å². The fourth-order valence-electron chi connectivity index (χ4n) is 4.91. The maximum Gasteiger partial charge on any atom is 0.254 e. The molecule has 0 aliphatic carbocycles. The van der Waals surface area contributed by atoms with Gasteiger partial charge in [0.05, 0.1) is 12.1 Å². The zero-order valence-corrected chi connectivity index (χ0v) is 23.9. The topological polar surface area (TPSA) is 107 Å². The molecule has 9 heteroatoms. The number of carbonyl (C=O) groups excluding carboxylic acids is 1. The van der Waals surface area contributed by atoms with E-state index in [4.69, 9.17) is 9.47 Å². The normalized spacial score (nSPS) is 15.4. The van der Waals surface area contributed by atoms with Crippen LogP contribution in [0.5, 0.6) is 17.2 Å². The van der Waals surface area contributed by atoms with Crippen molar-refractivity contribution in [3.63, 3.8) is 0 Å². The van der Waals surface area contributed by atoms with E-state index in [0.29, 0.717) is 41.3 Å². The van der Waals surface area contributed by atoms with Crippen molar-refractivity contribution in [3.8, 4) is 17.2 Å². The molecule has 42 heavy (non-hydrogen) atoms. The Morgan fingerprint density at radius 3 is 2.48 bits per heavy atom. The molecule has 3 aromatic carbocycles. The third-order valence-electron chi connectivity index (χ3n) is 7.42. The number of benzene rings is 3. The first-order valence-corrected chi connectivity index (χ1v) is 14.3. The van der Waals surface area contributed by atoms with Crippen LogP contribution in [0.15, 0.2) is 85.1 Å². The third-order valence-corrected chi connectivity index (χ3v) is 7.42. The lowest BCUT2D eigenvalue weighted by molar-refractivity contribution is 0.0664. The molecule has 0 bridgehead atoms. The number of fused-ring (bicyclic) bond motifs is 1. The number of piperazine rings is 1. The van der Waals surface area contributed by atoms with E-state index in [9.17, 15) is 15.0 Å². The summed E-state index contributed by atoms with van der Waals surface area (Å²) in [5.41, 5.74) is 2.36. The first kappa shape index (κ1) is 29.5. The maximum absolute atomic E-state index is 13.0. The lowest BCUT2D eigenvalue weighted by Crippen LogP contribution is -2.47. The molecule has 1 amide bonds. The summed E-state index contributed by atoms with van der Waals surface area (Å²) in [6, 6.07) is 24.2. The van der Waals surface area contributed by atoms with E-state index in [2.05, 4.69) is 22.2 Å². The SMILES string of the molecule is CN1CCN(C(=O)c2ccc3c(Oc4ccc(C[C@@H](CO)NC[C@H](O)COc5ccccc5)cc4)ccnc3c2)CC1. The van der Waals surface area contributed by atoms with Crippen LogP contribution in [0.3, 0.4) is 0 Å². The van der Waals surface area contributed by atoms with Gasteiger partial charge >= 0.3 is 0 Å². The predicted molar refractivity (Wildman–Crippen MR) is 162 cm³/mol. The number of pyridine rings is 1. The van der Waals surface area contributed by atoms with E-state index in [0.717, 1.165) is 37.1 Å². The van der Waals surface area contributed by atoms with Crippen LogP contribution in [0.1, 0.15) is 15.9 Å². The number of aliphatic hydroxyl groups is 2. The van der Waals surface area contributed by atoms with Crippen molar-refractivity contribution in [2.45, 2.75) is 18.6 Å². The summed E-state index contributed by atoms with van der Waals surface area (Å²) in [5.74, 6) is 2.07. The Morgan fingerprint density at radius 1 is 0.976 bits per heavy atom. The molecule has 0 unspecified atom stereocenters. The van der Waals surface area contributed by atoms with Gasteiger partial charge < -0.3 is 34.8 Å². The van der Waals surface area contributed by atoms with Gasteiger partial charge in [0.1, 0.15) is 30.0 Å². The molecule has 4 aromatic rings. The second-order valence-corrected chi connectivity index (χ2v) is 10.7. The van der Waals surface area contributed by atoms with Gasteiger partial charge in [-0.05, 0) is 67.6 Å². The quantitative estimate of drug-likeness (QED) is 0.238. The summed E-state index contributed by atoms with van der Waals surface area (Å²) in [6.45, 7) is 3.60. The number of nitrogens with zero attached hydrogens (tertiary/aromatic N) is 3. The lowest BCUT2D eigenvalue weighted by Gasteiger charge is -2.32. The van der Waals surface area contributed by atoms with Crippen molar-refractivity contribution in [1.29, 1.82) is 0 Å².